The van der Waals surface area contributed by atoms with Gasteiger partial charge in [-0.25, -0.2) is 4.79 Å². The van der Waals surface area contributed by atoms with Crippen molar-refractivity contribution < 1.29 is 14.6 Å². The molecule has 0 aromatic carbocycles. The number of aliphatic carboxylic acids is 1. The Morgan fingerprint density at radius 3 is 2.40 bits per heavy atom. The number of carbonyl (C=O) groups is 1. The lowest BCUT2D eigenvalue weighted by molar-refractivity contribution is -0.165. The van der Waals surface area contributed by atoms with E-state index in [1.165, 1.54) is 7.11 Å². The normalized spacial score (nSPS) is 21.7. The second-order valence-electron chi connectivity index (χ2n) is 2.32. The zero-order valence-electron chi connectivity index (χ0n) is 5.91. The van der Waals surface area contributed by atoms with Gasteiger partial charge in [-0.2, -0.15) is 0 Å². The van der Waals surface area contributed by atoms with E-state index >= 15 is 0 Å². The summed E-state index contributed by atoms with van der Waals surface area (Å²) in [6.45, 7) is 1.68. The van der Waals surface area contributed by atoms with E-state index in [9.17, 15) is 4.79 Å². The van der Waals surface area contributed by atoms with Crippen molar-refractivity contribution in [3.05, 3.63) is 0 Å². The molecule has 0 aromatic heterocycles. The van der Waals surface area contributed by atoms with Crippen LogP contribution >= 0.6 is 0 Å². The Morgan fingerprint density at radius 1 is 1.70 bits per heavy atom. The lowest BCUT2D eigenvalue weighted by Crippen LogP contribution is -2.49. The topological polar surface area (TPSA) is 49.8 Å². The molecule has 0 saturated carbocycles. The Bertz CT molecular complexity index is 133. The maximum atomic E-state index is 10.4. The van der Waals surface area contributed by atoms with E-state index in [0.717, 1.165) is 19.5 Å². The van der Waals surface area contributed by atoms with Crippen molar-refractivity contribution in [3.63, 3.8) is 0 Å². The molecule has 4 heteroatoms. The van der Waals surface area contributed by atoms with Gasteiger partial charge >= 0.3 is 5.97 Å². The van der Waals surface area contributed by atoms with Crippen molar-refractivity contribution in [2.75, 3.05) is 20.2 Å². The van der Waals surface area contributed by atoms with Crippen LogP contribution in [0.4, 0.5) is 0 Å². The van der Waals surface area contributed by atoms with E-state index in [4.69, 9.17) is 9.84 Å². The summed E-state index contributed by atoms with van der Waals surface area (Å²) < 4.78 is 4.74. The van der Waals surface area contributed by atoms with Gasteiger partial charge in [0.25, 0.3) is 0 Å². The second-order valence-corrected chi connectivity index (χ2v) is 2.32. The first-order valence-corrected chi connectivity index (χ1v) is 3.25. The fraction of sp³-hybridized carbons (Fsp3) is 0.833. The van der Waals surface area contributed by atoms with Crippen LogP contribution in [0.25, 0.3) is 0 Å². The molecule has 1 saturated heterocycles. The highest BCUT2D eigenvalue weighted by Crippen LogP contribution is 2.11. The summed E-state index contributed by atoms with van der Waals surface area (Å²) in [7, 11) is 1.41. The smallest absolute Gasteiger partial charge is 0.348 e. The Labute approximate surface area is 59.4 Å². The predicted octanol–water partition coefficient (Wildman–Crippen LogP) is -0.251. The molecule has 1 rings (SSSR count). The van der Waals surface area contributed by atoms with Crippen molar-refractivity contribution in [2.24, 2.45) is 0 Å². The summed E-state index contributed by atoms with van der Waals surface area (Å²) in [5, 5.41) is 8.54. The molecule has 58 valence electrons. The molecule has 10 heavy (non-hydrogen) atoms. The van der Waals surface area contributed by atoms with Crippen LogP contribution < -0.4 is 0 Å². The van der Waals surface area contributed by atoms with E-state index in [-0.39, 0.29) is 0 Å². The van der Waals surface area contributed by atoms with Gasteiger partial charge < -0.3 is 9.84 Å². The summed E-state index contributed by atoms with van der Waals surface area (Å²) >= 11 is 0. The molecule has 0 spiro atoms. The van der Waals surface area contributed by atoms with Crippen molar-refractivity contribution in [2.45, 2.75) is 12.6 Å². The highest BCUT2D eigenvalue weighted by atomic mass is 16.5. The summed E-state index contributed by atoms with van der Waals surface area (Å²) in [4.78, 5) is 12.2. The molecule has 0 radical (unpaired) electrons. The predicted molar refractivity (Wildman–Crippen MR) is 34.6 cm³/mol. The van der Waals surface area contributed by atoms with Crippen LogP contribution in [-0.4, -0.2) is 42.4 Å². The molecule has 4 nitrogen and oxygen atoms in total. The Balaban J connectivity index is 2.39. The number of likely N-dealkylation sites (tertiary alicyclic amines) is 1. The highest BCUT2D eigenvalue weighted by Gasteiger charge is 2.28. The largest absolute Gasteiger partial charge is 0.478 e. The molecule has 0 aromatic rings. The quantitative estimate of drug-likeness (QED) is 0.595. The first-order chi connectivity index (χ1) is 4.75. The molecule has 1 aliphatic rings. The lowest BCUT2D eigenvalue weighted by Gasteiger charge is -2.34. The first kappa shape index (κ1) is 7.50. The lowest BCUT2D eigenvalue weighted by atomic mass is 10.2. The summed E-state index contributed by atoms with van der Waals surface area (Å²) in [6, 6.07) is 0. The summed E-state index contributed by atoms with van der Waals surface area (Å²) in [5.41, 5.74) is 0. The minimum Gasteiger partial charge on any atom is -0.478 e. The molecule has 0 aliphatic carbocycles. The van der Waals surface area contributed by atoms with Crippen LogP contribution in [0.15, 0.2) is 0 Å². The van der Waals surface area contributed by atoms with Gasteiger partial charge in [0.05, 0.1) is 0 Å². The van der Waals surface area contributed by atoms with Gasteiger partial charge in [-0.1, -0.05) is 0 Å². The SMILES string of the molecule is COC(C(=O)O)N1CCC1. The number of hydrogen-bond donors (Lipinski definition) is 1. The number of ether oxygens (including phenoxy) is 1. The van der Waals surface area contributed by atoms with Gasteiger partial charge in [-0.05, 0) is 6.42 Å². The molecular formula is C6H11NO3. The van der Waals surface area contributed by atoms with Gasteiger partial charge in [-0.3, -0.25) is 4.90 Å². The average molecular weight is 145 g/mol. The zero-order valence-corrected chi connectivity index (χ0v) is 5.91. The van der Waals surface area contributed by atoms with Crippen molar-refractivity contribution in [1.29, 1.82) is 0 Å². The maximum absolute atomic E-state index is 10.4. The van der Waals surface area contributed by atoms with Crippen LogP contribution in [0.2, 0.25) is 0 Å². The third-order valence-corrected chi connectivity index (χ3v) is 1.66. The fourth-order valence-electron chi connectivity index (χ4n) is 0.981. The third kappa shape index (κ3) is 1.27. The van der Waals surface area contributed by atoms with Crippen LogP contribution in [-0.2, 0) is 9.53 Å². The standard InChI is InChI=1S/C6H11NO3/c1-10-5(6(8)9)7-3-2-4-7/h5H,2-4H2,1H3,(H,8,9). The second kappa shape index (κ2) is 2.98. The molecule has 0 amide bonds. The Kier molecular flexibility index (Phi) is 2.24. The first-order valence-electron chi connectivity index (χ1n) is 3.25. The van der Waals surface area contributed by atoms with Gasteiger partial charge in [0.2, 0.25) is 6.23 Å². The average Bonchev–Trinajstić information content (AvgIpc) is 1.76. The van der Waals surface area contributed by atoms with E-state index in [0.29, 0.717) is 0 Å². The molecule has 1 N–H and O–H groups in total. The molecule has 1 heterocycles. The Hall–Kier alpha value is -0.610. The van der Waals surface area contributed by atoms with Gasteiger partial charge in [0, 0.05) is 20.2 Å². The fourth-order valence-corrected chi connectivity index (χ4v) is 0.981. The van der Waals surface area contributed by atoms with Gasteiger partial charge in [0.15, 0.2) is 0 Å². The van der Waals surface area contributed by atoms with Crippen LogP contribution in [0.5, 0.6) is 0 Å². The summed E-state index contributed by atoms with van der Waals surface area (Å²) in [6.07, 6.45) is 0.349. The van der Waals surface area contributed by atoms with Crippen LogP contribution in [0, 0.1) is 0 Å². The minimum absolute atomic E-state index is 0.728. The third-order valence-electron chi connectivity index (χ3n) is 1.66. The molecule has 1 unspecified atom stereocenters. The number of methoxy groups -OCH3 is 1. The van der Waals surface area contributed by atoms with E-state index < -0.39 is 12.2 Å². The van der Waals surface area contributed by atoms with Crippen molar-refractivity contribution in [1.82, 2.24) is 4.90 Å². The van der Waals surface area contributed by atoms with Crippen molar-refractivity contribution in [3.8, 4) is 0 Å². The van der Waals surface area contributed by atoms with Crippen LogP contribution in [0.1, 0.15) is 6.42 Å². The molecule has 1 fully saturated rings. The molecule has 1 aliphatic heterocycles. The molecule has 0 bridgehead atoms. The summed E-state index contributed by atoms with van der Waals surface area (Å²) in [5.74, 6) is -0.901. The van der Waals surface area contributed by atoms with Crippen molar-refractivity contribution >= 4 is 5.97 Å². The number of carboxylic acids is 1. The minimum atomic E-state index is -0.901. The number of hydrogen-bond acceptors (Lipinski definition) is 3. The number of carboxylic acid groups (broad SMARTS) is 1. The zero-order chi connectivity index (χ0) is 7.56. The monoisotopic (exact) mass is 145 g/mol. The van der Waals surface area contributed by atoms with Gasteiger partial charge in [0.1, 0.15) is 0 Å². The maximum Gasteiger partial charge on any atom is 0.348 e. The molecular weight excluding hydrogens is 134 g/mol. The Morgan fingerprint density at radius 2 is 2.30 bits per heavy atom. The number of nitrogens with zero attached hydrogens (tertiary/aromatic N) is 1. The van der Waals surface area contributed by atoms with E-state index in [1.807, 2.05) is 0 Å². The highest BCUT2D eigenvalue weighted by molar-refractivity contribution is 5.71. The van der Waals surface area contributed by atoms with Gasteiger partial charge in [-0.15, -0.1) is 0 Å². The molecule has 1 atom stereocenters. The number of rotatable bonds is 3. The van der Waals surface area contributed by atoms with E-state index in [1.54, 1.807) is 4.90 Å². The van der Waals surface area contributed by atoms with Crippen LogP contribution in [0.3, 0.4) is 0 Å². The van der Waals surface area contributed by atoms with E-state index in [2.05, 4.69) is 0 Å².